The molecule has 1 saturated heterocycles. The first-order valence-electron chi connectivity index (χ1n) is 7.03. The lowest BCUT2D eigenvalue weighted by atomic mass is 9.76. The highest BCUT2D eigenvalue weighted by atomic mass is 16.5. The Hall–Kier alpha value is -1.30. The van der Waals surface area contributed by atoms with Crippen LogP contribution in [0.5, 0.6) is 0 Å². The molecule has 2 rings (SSSR count). The van der Waals surface area contributed by atoms with Crippen molar-refractivity contribution >= 4 is 11.9 Å². The van der Waals surface area contributed by atoms with Gasteiger partial charge in [0.25, 0.3) is 0 Å². The SMILES string of the molecule is CC1CCC(NC(=O)N2CCOCC2)(C(=N)N)CC1. The molecule has 0 aromatic rings. The normalized spacial score (nSPS) is 31.8. The second kappa shape index (κ2) is 5.77. The Morgan fingerprint density at radius 1 is 1.37 bits per heavy atom. The molecule has 0 radical (unpaired) electrons. The van der Waals surface area contributed by atoms with E-state index in [1.54, 1.807) is 4.90 Å². The Morgan fingerprint density at radius 2 is 1.95 bits per heavy atom. The van der Waals surface area contributed by atoms with Gasteiger partial charge < -0.3 is 20.7 Å². The van der Waals surface area contributed by atoms with Gasteiger partial charge in [0.2, 0.25) is 0 Å². The highest BCUT2D eigenvalue weighted by molar-refractivity contribution is 5.91. The lowest BCUT2D eigenvalue weighted by Crippen LogP contribution is -2.62. The monoisotopic (exact) mass is 268 g/mol. The molecule has 0 atom stereocenters. The lowest BCUT2D eigenvalue weighted by Gasteiger charge is -2.40. The molecule has 1 aliphatic carbocycles. The van der Waals surface area contributed by atoms with E-state index >= 15 is 0 Å². The van der Waals surface area contributed by atoms with E-state index in [9.17, 15) is 4.79 Å². The molecule has 0 aromatic heterocycles. The van der Waals surface area contributed by atoms with Gasteiger partial charge in [-0.15, -0.1) is 0 Å². The topological polar surface area (TPSA) is 91.4 Å². The van der Waals surface area contributed by atoms with Crippen molar-refractivity contribution in [2.45, 2.75) is 38.1 Å². The maximum absolute atomic E-state index is 12.3. The molecule has 0 aromatic carbocycles. The summed E-state index contributed by atoms with van der Waals surface area (Å²) in [4.78, 5) is 14.0. The number of nitrogens with zero attached hydrogens (tertiary/aromatic N) is 1. The van der Waals surface area contributed by atoms with E-state index in [0.29, 0.717) is 32.2 Å². The number of nitrogens with two attached hydrogens (primary N) is 1. The average Bonchev–Trinajstić information content (AvgIpc) is 2.42. The number of hydrogen-bond acceptors (Lipinski definition) is 3. The number of carbonyl (C=O) groups is 1. The molecular weight excluding hydrogens is 244 g/mol. The van der Waals surface area contributed by atoms with Crippen molar-refractivity contribution in [3.8, 4) is 0 Å². The van der Waals surface area contributed by atoms with Crippen molar-refractivity contribution in [2.75, 3.05) is 26.3 Å². The number of amides is 2. The Morgan fingerprint density at radius 3 is 2.47 bits per heavy atom. The summed E-state index contributed by atoms with van der Waals surface area (Å²) in [6.45, 7) is 4.58. The van der Waals surface area contributed by atoms with Crippen molar-refractivity contribution in [3.63, 3.8) is 0 Å². The van der Waals surface area contributed by atoms with Gasteiger partial charge in [-0.05, 0) is 31.6 Å². The van der Waals surface area contributed by atoms with Crippen LogP contribution in [0.15, 0.2) is 0 Å². The van der Waals surface area contributed by atoms with Gasteiger partial charge in [0.15, 0.2) is 0 Å². The highest BCUT2D eigenvalue weighted by Gasteiger charge is 2.39. The number of ether oxygens (including phenoxy) is 1. The van der Waals surface area contributed by atoms with E-state index in [1.165, 1.54) is 0 Å². The summed E-state index contributed by atoms with van der Waals surface area (Å²) in [5.41, 5.74) is 5.11. The van der Waals surface area contributed by atoms with Crippen molar-refractivity contribution in [1.82, 2.24) is 10.2 Å². The molecule has 2 fully saturated rings. The van der Waals surface area contributed by atoms with Crippen molar-refractivity contribution in [1.29, 1.82) is 5.41 Å². The van der Waals surface area contributed by atoms with Crippen LogP contribution in [0.1, 0.15) is 32.6 Å². The smallest absolute Gasteiger partial charge is 0.318 e. The zero-order chi connectivity index (χ0) is 13.9. The number of rotatable bonds is 2. The average molecular weight is 268 g/mol. The zero-order valence-electron chi connectivity index (χ0n) is 11.6. The first-order valence-corrected chi connectivity index (χ1v) is 7.03. The number of hydrogen-bond donors (Lipinski definition) is 3. The quantitative estimate of drug-likeness (QED) is 0.513. The van der Waals surface area contributed by atoms with Crippen molar-refractivity contribution in [2.24, 2.45) is 11.7 Å². The molecule has 0 spiro atoms. The Labute approximate surface area is 114 Å². The van der Waals surface area contributed by atoms with Gasteiger partial charge in [0, 0.05) is 13.1 Å². The summed E-state index contributed by atoms with van der Waals surface area (Å²) in [5, 5.41) is 10.8. The van der Waals surface area contributed by atoms with Gasteiger partial charge in [0.05, 0.1) is 18.8 Å². The zero-order valence-corrected chi connectivity index (χ0v) is 11.6. The Balaban J connectivity index is 2.00. The second-order valence-electron chi connectivity index (χ2n) is 5.71. The van der Waals surface area contributed by atoms with Crippen LogP contribution in [-0.2, 0) is 4.74 Å². The summed E-state index contributed by atoms with van der Waals surface area (Å²) < 4.78 is 5.24. The minimum absolute atomic E-state index is 0.0843. The van der Waals surface area contributed by atoms with Crippen LogP contribution < -0.4 is 11.1 Å². The van der Waals surface area contributed by atoms with Gasteiger partial charge in [-0.2, -0.15) is 0 Å². The van der Waals surface area contributed by atoms with Gasteiger partial charge in [-0.1, -0.05) is 6.92 Å². The van der Waals surface area contributed by atoms with Crippen molar-refractivity contribution in [3.05, 3.63) is 0 Å². The Kier molecular flexibility index (Phi) is 4.29. The van der Waals surface area contributed by atoms with E-state index in [-0.39, 0.29) is 11.9 Å². The molecular formula is C13H24N4O2. The fourth-order valence-corrected chi connectivity index (χ4v) is 2.77. The third-order valence-electron chi connectivity index (χ3n) is 4.29. The van der Waals surface area contributed by atoms with E-state index in [4.69, 9.17) is 15.9 Å². The summed E-state index contributed by atoms with van der Waals surface area (Å²) >= 11 is 0. The largest absolute Gasteiger partial charge is 0.386 e. The van der Waals surface area contributed by atoms with E-state index in [1.807, 2.05) is 0 Å². The molecule has 6 heteroatoms. The summed E-state index contributed by atoms with van der Waals surface area (Å²) in [6, 6.07) is -0.118. The second-order valence-corrected chi connectivity index (χ2v) is 5.71. The Bertz CT molecular complexity index is 345. The molecule has 6 nitrogen and oxygen atoms in total. The fourth-order valence-electron chi connectivity index (χ4n) is 2.77. The predicted molar refractivity (Wildman–Crippen MR) is 73.2 cm³/mol. The number of amidine groups is 1. The maximum Gasteiger partial charge on any atom is 0.318 e. The number of urea groups is 1. The lowest BCUT2D eigenvalue weighted by molar-refractivity contribution is 0.0510. The first-order chi connectivity index (χ1) is 9.03. The highest BCUT2D eigenvalue weighted by Crippen LogP contribution is 2.32. The third-order valence-corrected chi connectivity index (χ3v) is 4.29. The van der Waals surface area contributed by atoms with Crippen LogP contribution in [0.3, 0.4) is 0 Å². The van der Waals surface area contributed by atoms with Gasteiger partial charge in [0.1, 0.15) is 5.84 Å². The molecule has 4 N–H and O–H groups in total. The molecule has 0 bridgehead atoms. The maximum atomic E-state index is 12.3. The van der Waals surface area contributed by atoms with Gasteiger partial charge >= 0.3 is 6.03 Å². The standard InChI is InChI=1S/C13H24N4O2/c1-10-2-4-13(5-3-10,11(14)15)16-12(18)17-6-8-19-9-7-17/h10H,2-9H2,1H3,(H3,14,15)(H,16,18). The number of morpholine rings is 1. The molecule has 108 valence electrons. The molecule has 2 amide bonds. The van der Waals surface area contributed by atoms with Crippen LogP contribution in [-0.4, -0.2) is 48.6 Å². The minimum atomic E-state index is -0.637. The summed E-state index contributed by atoms with van der Waals surface area (Å²) in [6.07, 6.45) is 3.53. The van der Waals surface area contributed by atoms with Crippen LogP contribution in [0.4, 0.5) is 4.79 Å². The molecule has 0 unspecified atom stereocenters. The van der Waals surface area contributed by atoms with E-state index < -0.39 is 5.54 Å². The van der Waals surface area contributed by atoms with Crippen LogP contribution in [0.2, 0.25) is 0 Å². The van der Waals surface area contributed by atoms with Gasteiger partial charge in [-0.3, -0.25) is 5.41 Å². The fraction of sp³-hybridized carbons (Fsp3) is 0.846. The number of carbonyl (C=O) groups excluding carboxylic acids is 1. The van der Waals surface area contributed by atoms with Crippen LogP contribution in [0.25, 0.3) is 0 Å². The molecule has 1 saturated carbocycles. The summed E-state index contributed by atoms with van der Waals surface area (Å²) in [7, 11) is 0. The number of nitrogens with one attached hydrogen (secondary N) is 2. The third kappa shape index (κ3) is 3.18. The van der Waals surface area contributed by atoms with Crippen LogP contribution >= 0.6 is 0 Å². The molecule has 1 aliphatic heterocycles. The minimum Gasteiger partial charge on any atom is -0.386 e. The van der Waals surface area contributed by atoms with E-state index in [2.05, 4.69) is 12.2 Å². The molecule has 1 heterocycles. The first kappa shape index (κ1) is 14.1. The van der Waals surface area contributed by atoms with Crippen molar-refractivity contribution < 1.29 is 9.53 Å². The van der Waals surface area contributed by atoms with Crippen LogP contribution in [0, 0.1) is 11.3 Å². The predicted octanol–water partition coefficient (Wildman–Crippen LogP) is 0.913. The molecule has 19 heavy (non-hydrogen) atoms. The van der Waals surface area contributed by atoms with Gasteiger partial charge in [-0.25, -0.2) is 4.79 Å². The van der Waals surface area contributed by atoms with E-state index in [0.717, 1.165) is 25.7 Å². The molecule has 2 aliphatic rings. The summed E-state index contributed by atoms with van der Waals surface area (Å²) in [5.74, 6) is 0.730.